The monoisotopic (exact) mass is 360 g/mol. The fourth-order valence-corrected chi connectivity index (χ4v) is 4.01. The SMILES string of the molecule is C=C(CO)C[C@@H](CO[Si](C)(C)C(C)(C)C)O[Si](C)(C)C(C)(C)C. The summed E-state index contributed by atoms with van der Waals surface area (Å²) in [6.45, 7) is 27.0. The van der Waals surface area contributed by atoms with Crippen molar-refractivity contribution in [2.24, 2.45) is 0 Å². The second kappa shape index (κ2) is 7.96. The van der Waals surface area contributed by atoms with Crippen LogP contribution in [-0.2, 0) is 8.85 Å². The number of rotatable bonds is 8. The first kappa shape index (κ1) is 23.1. The van der Waals surface area contributed by atoms with E-state index in [0.29, 0.717) is 13.0 Å². The van der Waals surface area contributed by atoms with Crippen LogP contribution in [0.1, 0.15) is 48.0 Å². The van der Waals surface area contributed by atoms with Gasteiger partial charge in [0.1, 0.15) is 0 Å². The van der Waals surface area contributed by atoms with Gasteiger partial charge in [0.15, 0.2) is 16.6 Å². The predicted molar refractivity (Wildman–Crippen MR) is 106 cm³/mol. The minimum Gasteiger partial charge on any atom is -0.414 e. The summed E-state index contributed by atoms with van der Waals surface area (Å²) in [7, 11) is -3.68. The molecule has 0 saturated carbocycles. The largest absolute Gasteiger partial charge is 0.414 e. The van der Waals surface area contributed by atoms with Crippen molar-refractivity contribution in [3.63, 3.8) is 0 Å². The molecule has 0 aromatic carbocycles. The third-order valence-electron chi connectivity index (χ3n) is 5.44. The van der Waals surface area contributed by atoms with Gasteiger partial charge in [-0.25, -0.2) is 0 Å². The first-order valence-corrected chi connectivity index (χ1v) is 14.4. The summed E-state index contributed by atoms with van der Waals surface area (Å²) in [6.07, 6.45) is 0.641. The molecule has 0 aliphatic rings. The van der Waals surface area contributed by atoms with Gasteiger partial charge >= 0.3 is 0 Å². The molecule has 0 aromatic heterocycles. The van der Waals surface area contributed by atoms with Crippen LogP contribution in [0.5, 0.6) is 0 Å². The van der Waals surface area contributed by atoms with Crippen molar-refractivity contribution in [3.8, 4) is 0 Å². The minimum absolute atomic E-state index is 0.0114. The van der Waals surface area contributed by atoms with E-state index in [1.165, 1.54) is 0 Å². The number of hydrogen-bond acceptors (Lipinski definition) is 3. The molecule has 3 nitrogen and oxygen atoms in total. The minimum atomic E-state index is -1.88. The second-order valence-corrected chi connectivity index (χ2v) is 19.2. The van der Waals surface area contributed by atoms with E-state index < -0.39 is 16.6 Å². The van der Waals surface area contributed by atoms with Crippen molar-refractivity contribution in [1.29, 1.82) is 0 Å². The van der Waals surface area contributed by atoms with Crippen molar-refractivity contribution in [2.75, 3.05) is 13.2 Å². The van der Waals surface area contributed by atoms with Gasteiger partial charge in [0.05, 0.1) is 19.3 Å². The molecule has 0 radical (unpaired) electrons. The Morgan fingerprint density at radius 1 is 0.957 bits per heavy atom. The standard InChI is InChI=1S/C18H40O3Si2/c1-15(13-19)12-16(21-23(10,11)18(5,6)7)14-20-22(8,9)17(2,3)4/h16,19H,1,12-14H2,2-11H3/t16-/m0/s1. The first-order chi connectivity index (χ1) is 10.0. The van der Waals surface area contributed by atoms with E-state index >= 15 is 0 Å². The average molecular weight is 361 g/mol. The Bertz CT molecular complexity index is 390. The lowest BCUT2D eigenvalue weighted by Gasteiger charge is -2.41. The van der Waals surface area contributed by atoms with Crippen LogP contribution in [0.4, 0.5) is 0 Å². The molecule has 0 saturated heterocycles. The molecule has 0 heterocycles. The Balaban J connectivity index is 5.08. The summed E-state index contributed by atoms with van der Waals surface area (Å²) >= 11 is 0. The molecule has 0 spiro atoms. The Morgan fingerprint density at radius 2 is 1.39 bits per heavy atom. The Labute approximate surface area is 146 Å². The summed E-state index contributed by atoms with van der Waals surface area (Å²) in [5, 5.41) is 9.66. The lowest BCUT2D eigenvalue weighted by atomic mass is 10.1. The van der Waals surface area contributed by atoms with E-state index in [0.717, 1.165) is 5.57 Å². The van der Waals surface area contributed by atoms with Crippen molar-refractivity contribution in [3.05, 3.63) is 12.2 Å². The summed E-state index contributed by atoms with van der Waals surface area (Å²) in [4.78, 5) is 0. The quantitative estimate of drug-likeness (QED) is 0.469. The maximum Gasteiger partial charge on any atom is 0.192 e. The van der Waals surface area contributed by atoms with Crippen molar-refractivity contribution in [2.45, 2.75) is 90.3 Å². The maximum absolute atomic E-state index is 9.32. The van der Waals surface area contributed by atoms with E-state index in [4.69, 9.17) is 8.85 Å². The molecule has 0 amide bonds. The molecule has 23 heavy (non-hydrogen) atoms. The molecule has 5 heteroatoms. The van der Waals surface area contributed by atoms with E-state index in [1.54, 1.807) is 0 Å². The summed E-state index contributed by atoms with van der Waals surface area (Å²) in [5.74, 6) is 0. The number of aliphatic hydroxyl groups excluding tert-OH is 1. The molecule has 0 fully saturated rings. The third-order valence-corrected chi connectivity index (χ3v) is 14.5. The van der Waals surface area contributed by atoms with E-state index in [9.17, 15) is 5.11 Å². The zero-order valence-electron chi connectivity index (χ0n) is 17.2. The summed E-state index contributed by atoms with van der Waals surface area (Å²) < 4.78 is 12.9. The van der Waals surface area contributed by atoms with E-state index in [2.05, 4.69) is 74.3 Å². The van der Waals surface area contributed by atoms with Gasteiger partial charge in [0.25, 0.3) is 0 Å². The van der Waals surface area contributed by atoms with Gasteiger partial charge < -0.3 is 14.0 Å². The molecule has 1 atom stereocenters. The second-order valence-electron chi connectivity index (χ2n) is 9.68. The Morgan fingerprint density at radius 3 is 1.74 bits per heavy atom. The fourth-order valence-electron chi connectivity index (χ4n) is 1.63. The smallest absolute Gasteiger partial charge is 0.192 e. The van der Waals surface area contributed by atoms with Crippen LogP contribution in [0.25, 0.3) is 0 Å². The number of aliphatic hydroxyl groups is 1. The van der Waals surface area contributed by atoms with Crippen molar-refractivity contribution < 1.29 is 14.0 Å². The normalized spacial score (nSPS) is 15.6. The molecule has 0 rings (SSSR count). The average Bonchev–Trinajstić information content (AvgIpc) is 2.32. The van der Waals surface area contributed by atoms with E-state index in [-0.39, 0.29) is 22.8 Å². The number of hydrogen-bond donors (Lipinski definition) is 1. The van der Waals surface area contributed by atoms with Crippen LogP contribution in [-0.4, -0.2) is 41.1 Å². The highest BCUT2D eigenvalue weighted by Crippen LogP contribution is 2.39. The van der Waals surface area contributed by atoms with Crippen molar-refractivity contribution in [1.82, 2.24) is 0 Å². The van der Waals surface area contributed by atoms with Gasteiger partial charge in [-0.3, -0.25) is 0 Å². The molecule has 0 unspecified atom stereocenters. The molecular weight excluding hydrogens is 320 g/mol. The van der Waals surface area contributed by atoms with Crippen LogP contribution in [0, 0.1) is 0 Å². The van der Waals surface area contributed by atoms with Crippen LogP contribution in [0.3, 0.4) is 0 Å². The zero-order chi connectivity index (χ0) is 18.7. The predicted octanol–water partition coefficient (Wildman–Crippen LogP) is 5.34. The molecular formula is C18H40O3Si2. The molecule has 0 bridgehead atoms. The fraction of sp³-hybridized carbons (Fsp3) is 0.889. The van der Waals surface area contributed by atoms with Crippen LogP contribution in [0.2, 0.25) is 36.3 Å². The van der Waals surface area contributed by atoms with Gasteiger partial charge in [-0.1, -0.05) is 48.1 Å². The van der Waals surface area contributed by atoms with Gasteiger partial charge in [-0.05, 0) is 48.3 Å². The molecule has 138 valence electrons. The van der Waals surface area contributed by atoms with Crippen LogP contribution >= 0.6 is 0 Å². The molecule has 0 aliphatic heterocycles. The van der Waals surface area contributed by atoms with Crippen molar-refractivity contribution >= 4 is 16.6 Å². The van der Waals surface area contributed by atoms with Crippen LogP contribution < -0.4 is 0 Å². The van der Waals surface area contributed by atoms with Gasteiger partial charge in [-0.2, -0.15) is 0 Å². The highest BCUT2D eigenvalue weighted by atomic mass is 28.4. The van der Waals surface area contributed by atoms with Gasteiger partial charge in [0.2, 0.25) is 0 Å². The van der Waals surface area contributed by atoms with Gasteiger partial charge in [0, 0.05) is 0 Å². The summed E-state index contributed by atoms with van der Waals surface area (Å²) in [5.41, 5.74) is 0.813. The molecule has 1 N–H and O–H groups in total. The van der Waals surface area contributed by atoms with Crippen LogP contribution in [0.15, 0.2) is 12.2 Å². The Hall–Kier alpha value is 0.0538. The highest BCUT2D eigenvalue weighted by molar-refractivity contribution is 6.74. The Kier molecular flexibility index (Phi) is 7.97. The lowest BCUT2D eigenvalue weighted by Crippen LogP contribution is -2.48. The summed E-state index contributed by atoms with van der Waals surface area (Å²) in [6, 6.07) is 0. The molecule has 0 aliphatic carbocycles. The topological polar surface area (TPSA) is 38.7 Å². The zero-order valence-corrected chi connectivity index (χ0v) is 19.2. The maximum atomic E-state index is 9.32. The highest BCUT2D eigenvalue weighted by Gasteiger charge is 2.41. The third kappa shape index (κ3) is 7.22. The lowest BCUT2D eigenvalue weighted by molar-refractivity contribution is 0.105. The van der Waals surface area contributed by atoms with E-state index in [1.807, 2.05) is 0 Å². The molecule has 0 aromatic rings. The van der Waals surface area contributed by atoms with Gasteiger partial charge in [-0.15, -0.1) is 0 Å². The first-order valence-electron chi connectivity index (χ1n) is 8.63.